The zero-order valence-electron chi connectivity index (χ0n) is 12.1. The maximum absolute atomic E-state index is 12.0. The molecule has 0 aromatic carbocycles. The molecule has 0 saturated heterocycles. The number of nitriles is 1. The summed E-state index contributed by atoms with van der Waals surface area (Å²) in [5.74, 6) is 0.968. The lowest BCUT2D eigenvalue weighted by molar-refractivity contribution is 0.357. The Balaban J connectivity index is 2.44. The molecule has 0 spiro atoms. The first kappa shape index (κ1) is 14.4. The van der Waals surface area contributed by atoms with Gasteiger partial charge in [0.2, 0.25) is 0 Å². The van der Waals surface area contributed by atoms with Gasteiger partial charge in [0.05, 0.1) is 0 Å². The van der Waals surface area contributed by atoms with Gasteiger partial charge in [0.25, 0.3) is 5.56 Å². The summed E-state index contributed by atoms with van der Waals surface area (Å²) in [6.45, 7) is 2.20. The zero-order valence-corrected chi connectivity index (χ0v) is 12.1. The van der Waals surface area contributed by atoms with Gasteiger partial charge in [-0.15, -0.1) is 0 Å². The highest BCUT2D eigenvalue weighted by Crippen LogP contribution is 2.26. The molecule has 1 heterocycles. The van der Waals surface area contributed by atoms with Crippen molar-refractivity contribution in [3.05, 3.63) is 26.4 Å². The summed E-state index contributed by atoms with van der Waals surface area (Å²) < 4.78 is 2.31. The Morgan fingerprint density at radius 2 is 1.95 bits per heavy atom. The lowest BCUT2D eigenvalue weighted by Crippen LogP contribution is -2.41. The maximum atomic E-state index is 12.0. The molecule has 2 atom stereocenters. The van der Waals surface area contributed by atoms with E-state index in [0.29, 0.717) is 11.7 Å². The standard InChI is InChI=1S/C14H20N4O2/c1-9-5-4-6-10(7-9)16-12-11(8-15)13(19)18(3)14(20)17(12)2/h9-10,16H,4-7H2,1-3H3/t9-,10-/m0/s1. The number of rotatable bonds is 2. The van der Waals surface area contributed by atoms with E-state index in [1.54, 1.807) is 7.05 Å². The van der Waals surface area contributed by atoms with Crippen molar-refractivity contribution in [2.75, 3.05) is 5.32 Å². The smallest absolute Gasteiger partial charge is 0.332 e. The molecule has 1 saturated carbocycles. The van der Waals surface area contributed by atoms with Gasteiger partial charge in [0, 0.05) is 20.1 Å². The first-order chi connectivity index (χ1) is 9.45. The van der Waals surface area contributed by atoms with Crippen LogP contribution in [0.4, 0.5) is 5.82 Å². The van der Waals surface area contributed by atoms with Crippen LogP contribution in [-0.2, 0) is 14.1 Å². The lowest BCUT2D eigenvalue weighted by atomic mass is 9.87. The highest BCUT2D eigenvalue weighted by atomic mass is 16.2. The molecule has 0 bridgehead atoms. The summed E-state index contributed by atoms with van der Waals surface area (Å²) in [6, 6.07) is 2.13. The molecular formula is C14H20N4O2. The van der Waals surface area contributed by atoms with Gasteiger partial charge >= 0.3 is 5.69 Å². The number of anilines is 1. The van der Waals surface area contributed by atoms with Crippen molar-refractivity contribution in [2.24, 2.45) is 20.0 Å². The molecule has 1 fully saturated rings. The van der Waals surface area contributed by atoms with Crippen molar-refractivity contribution in [2.45, 2.75) is 38.6 Å². The molecule has 0 radical (unpaired) electrons. The Morgan fingerprint density at radius 1 is 1.25 bits per heavy atom. The summed E-state index contributed by atoms with van der Waals surface area (Å²) in [4.78, 5) is 23.9. The molecule has 1 aliphatic carbocycles. The van der Waals surface area contributed by atoms with Gasteiger partial charge in [-0.25, -0.2) is 4.79 Å². The van der Waals surface area contributed by atoms with Crippen molar-refractivity contribution in [3.63, 3.8) is 0 Å². The summed E-state index contributed by atoms with van der Waals surface area (Å²) in [5, 5.41) is 12.4. The third kappa shape index (κ3) is 2.48. The number of nitrogens with one attached hydrogen (secondary N) is 1. The highest BCUT2D eigenvalue weighted by Gasteiger charge is 2.22. The number of hydrogen-bond acceptors (Lipinski definition) is 4. The lowest BCUT2D eigenvalue weighted by Gasteiger charge is -2.29. The fourth-order valence-corrected chi connectivity index (χ4v) is 2.87. The second-order valence-electron chi connectivity index (χ2n) is 5.65. The minimum absolute atomic E-state index is 0.00725. The SMILES string of the molecule is C[C@H]1CCC[C@H](Nc2c(C#N)c(=O)n(C)c(=O)n2C)C1. The van der Waals surface area contributed by atoms with Gasteiger partial charge in [-0.2, -0.15) is 5.26 Å². The van der Waals surface area contributed by atoms with Gasteiger partial charge in [0.15, 0.2) is 5.56 Å². The summed E-state index contributed by atoms with van der Waals surface area (Å²) in [6.07, 6.45) is 4.32. The van der Waals surface area contributed by atoms with Crippen LogP contribution >= 0.6 is 0 Å². The second-order valence-corrected chi connectivity index (χ2v) is 5.65. The average molecular weight is 276 g/mol. The van der Waals surface area contributed by atoms with Gasteiger partial charge in [-0.05, 0) is 18.8 Å². The predicted molar refractivity (Wildman–Crippen MR) is 76.7 cm³/mol. The van der Waals surface area contributed by atoms with Crippen LogP contribution in [0.15, 0.2) is 9.59 Å². The third-order valence-corrected chi connectivity index (χ3v) is 4.05. The van der Waals surface area contributed by atoms with Gasteiger partial charge < -0.3 is 5.32 Å². The van der Waals surface area contributed by atoms with Gasteiger partial charge in [0.1, 0.15) is 11.9 Å². The van der Waals surface area contributed by atoms with Crippen LogP contribution in [0.1, 0.15) is 38.2 Å². The monoisotopic (exact) mass is 276 g/mol. The van der Waals surface area contributed by atoms with E-state index in [1.807, 2.05) is 6.07 Å². The Hall–Kier alpha value is -2.03. The van der Waals surface area contributed by atoms with Crippen LogP contribution in [-0.4, -0.2) is 15.2 Å². The molecule has 1 N–H and O–H groups in total. The highest BCUT2D eigenvalue weighted by molar-refractivity contribution is 5.51. The molecule has 0 amide bonds. The Labute approximate surface area is 117 Å². The number of hydrogen-bond donors (Lipinski definition) is 1. The average Bonchev–Trinajstić information content (AvgIpc) is 2.43. The van der Waals surface area contributed by atoms with Crippen molar-refractivity contribution in [3.8, 4) is 6.07 Å². The minimum atomic E-state index is -0.540. The Morgan fingerprint density at radius 3 is 2.55 bits per heavy atom. The molecular weight excluding hydrogens is 256 g/mol. The molecule has 6 nitrogen and oxygen atoms in total. The van der Waals surface area contributed by atoms with Crippen molar-refractivity contribution in [1.82, 2.24) is 9.13 Å². The molecule has 2 rings (SSSR count). The number of nitrogens with zero attached hydrogens (tertiary/aromatic N) is 3. The first-order valence-corrected chi connectivity index (χ1v) is 6.92. The fourth-order valence-electron chi connectivity index (χ4n) is 2.87. The molecule has 0 unspecified atom stereocenters. The van der Waals surface area contributed by atoms with E-state index in [1.165, 1.54) is 18.0 Å². The maximum Gasteiger partial charge on any atom is 0.332 e. The Bertz CT molecular complexity index is 665. The van der Waals surface area contributed by atoms with E-state index in [0.717, 1.165) is 23.8 Å². The molecule has 0 aliphatic heterocycles. The van der Waals surface area contributed by atoms with Crippen molar-refractivity contribution < 1.29 is 0 Å². The first-order valence-electron chi connectivity index (χ1n) is 6.92. The predicted octanol–water partition coefficient (Wildman–Crippen LogP) is 0.946. The van der Waals surface area contributed by atoms with Gasteiger partial charge in [-0.1, -0.05) is 19.8 Å². The van der Waals surface area contributed by atoms with Crippen LogP contribution in [0, 0.1) is 17.2 Å². The normalized spacial score (nSPS) is 22.3. The van der Waals surface area contributed by atoms with E-state index in [-0.39, 0.29) is 11.6 Å². The molecule has 1 aliphatic rings. The topological polar surface area (TPSA) is 79.8 Å². The van der Waals surface area contributed by atoms with E-state index >= 15 is 0 Å². The molecule has 1 aromatic rings. The van der Waals surface area contributed by atoms with E-state index in [9.17, 15) is 14.9 Å². The summed E-state index contributed by atoms with van der Waals surface area (Å²) in [7, 11) is 2.97. The van der Waals surface area contributed by atoms with Crippen LogP contribution < -0.4 is 16.6 Å². The van der Waals surface area contributed by atoms with Crippen LogP contribution in [0.5, 0.6) is 0 Å². The zero-order chi connectivity index (χ0) is 14.9. The summed E-state index contributed by atoms with van der Waals surface area (Å²) in [5.41, 5.74) is -0.949. The quantitative estimate of drug-likeness (QED) is 0.872. The molecule has 20 heavy (non-hydrogen) atoms. The van der Waals surface area contributed by atoms with Crippen LogP contribution in [0.2, 0.25) is 0 Å². The summed E-state index contributed by atoms with van der Waals surface area (Å²) >= 11 is 0. The Kier molecular flexibility index (Phi) is 3.98. The van der Waals surface area contributed by atoms with E-state index in [4.69, 9.17) is 0 Å². The molecule has 6 heteroatoms. The van der Waals surface area contributed by atoms with Crippen LogP contribution in [0.25, 0.3) is 0 Å². The molecule has 1 aromatic heterocycles. The fraction of sp³-hybridized carbons (Fsp3) is 0.643. The third-order valence-electron chi connectivity index (χ3n) is 4.05. The largest absolute Gasteiger partial charge is 0.367 e. The number of aromatic nitrogens is 2. The van der Waals surface area contributed by atoms with E-state index < -0.39 is 11.2 Å². The van der Waals surface area contributed by atoms with Gasteiger partial charge in [-0.3, -0.25) is 13.9 Å². The molecule has 108 valence electrons. The van der Waals surface area contributed by atoms with Crippen molar-refractivity contribution >= 4 is 5.82 Å². The van der Waals surface area contributed by atoms with Crippen molar-refractivity contribution in [1.29, 1.82) is 5.26 Å². The minimum Gasteiger partial charge on any atom is -0.367 e. The van der Waals surface area contributed by atoms with Crippen LogP contribution in [0.3, 0.4) is 0 Å². The van der Waals surface area contributed by atoms with E-state index in [2.05, 4.69) is 12.2 Å². The second kappa shape index (κ2) is 5.53.